The third kappa shape index (κ3) is 2.63. The minimum Gasteiger partial charge on any atom is -0.269 e. The summed E-state index contributed by atoms with van der Waals surface area (Å²) >= 11 is 0. The van der Waals surface area contributed by atoms with Crippen LogP contribution in [0.15, 0.2) is 11.1 Å². The Kier molecular flexibility index (Phi) is 3.86. The highest BCUT2D eigenvalue weighted by Crippen LogP contribution is 2.49. The standard InChI is InChI=1S/C15H25N3O2S/c1-4-18-11(3)15(9-16-18)21(19,20)17-10(2)14-8-12-5-6-13(14)7-12/h9-10,12-14,17H,4-8H2,1-3H3/t10-,12+,13+,14-/m1/s1. The van der Waals surface area contributed by atoms with Crippen molar-refractivity contribution < 1.29 is 8.42 Å². The van der Waals surface area contributed by atoms with E-state index in [1.54, 1.807) is 4.68 Å². The third-order valence-electron chi connectivity index (χ3n) is 5.42. The molecule has 2 aliphatic rings. The van der Waals surface area contributed by atoms with Gasteiger partial charge in [-0.05, 0) is 57.8 Å². The van der Waals surface area contributed by atoms with Gasteiger partial charge in [-0.3, -0.25) is 4.68 Å². The Morgan fingerprint density at radius 1 is 1.43 bits per heavy atom. The summed E-state index contributed by atoms with van der Waals surface area (Å²) in [6.45, 7) is 6.47. The lowest BCUT2D eigenvalue weighted by Crippen LogP contribution is -2.40. The van der Waals surface area contributed by atoms with Crippen LogP contribution < -0.4 is 4.72 Å². The Bertz CT molecular complexity index is 623. The molecule has 0 spiro atoms. The summed E-state index contributed by atoms with van der Waals surface area (Å²) in [5, 5.41) is 4.14. The summed E-state index contributed by atoms with van der Waals surface area (Å²) in [7, 11) is -3.47. The Labute approximate surface area is 127 Å². The monoisotopic (exact) mass is 311 g/mol. The lowest BCUT2D eigenvalue weighted by molar-refractivity contribution is 0.280. The lowest BCUT2D eigenvalue weighted by atomic mass is 9.84. The maximum Gasteiger partial charge on any atom is 0.244 e. The summed E-state index contributed by atoms with van der Waals surface area (Å²) in [6, 6.07) is 0.00896. The van der Waals surface area contributed by atoms with E-state index in [1.807, 2.05) is 20.8 Å². The number of nitrogens with one attached hydrogen (secondary N) is 1. The quantitative estimate of drug-likeness (QED) is 0.907. The summed E-state index contributed by atoms with van der Waals surface area (Å²) < 4.78 is 29.8. The first-order valence-electron chi connectivity index (χ1n) is 7.97. The third-order valence-corrected chi connectivity index (χ3v) is 7.09. The van der Waals surface area contributed by atoms with Gasteiger partial charge in [-0.25, -0.2) is 13.1 Å². The predicted octanol–water partition coefficient (Wildman–Crippen LogP) is 2.31. The first-order chi connectivity index (χ1) is 9.92. The molecule has 21 heavy (non-hydrogen) atoms. The summed E-state index contributed by atoms with van der Waals surface area (Å²) in [6.07, 6.45) is 6.55. The molecule has 1 N–H and O–H groups in total. The van der Waals surface area contributed by atoms with Gasteiger partial charge in [0, 0.05) is 12.6 Å². The number of fused-ring (bicyclic) bond motifs is 2. The number of hydrogen-bond acceptors (Lipinski definition) is 3. The fourth-order valence-electron chi connectivity index (χ4n) is 4.31. The molecule has 2 fully saturated rings. The van der Waals surface area contributed by atoms with Crippen LogP contribution in [0.3, 0.4) is 0 Å². The maximum absolute atomic E-state index is 12.6. The van der Waals surface area contributed by atoms with Crippen molar-refractivity contribution in [2.24, 2.45) is 17.8 Å². The van der Waals surface area contributed by atoms with Gasteiger partial charge in [-0.1, -0.05) is 6.42 Å². The van der Waals surface area contributed by atoms with Crippen molar-refractivity contribution in [1.29, 1.82) is 0 Å². The number of aromatic nitrogens is 2. The van der Waals surface area contributed by atoms with E-state index in [0.29, 0.717) is 29.0 Å². The van der Waals surface area contributed by atoms with E-state index >= 15 is 0 Å². The van der Waals surface area contributed by atoms with Crippen molar-refractivity contribution in [3.05, 3.63) is 11.9 Å². The zero-order valence-electron chi connectivity index (χ0n) is 13.0. The second kappa shape index (κ2) is 5.39. The number of nitrogens with zero attached hydrogens (tertiary/aromatic N) is 2. The average Bonchev–Trinajstić information content (AvgIpc) is 3.12. The minimum absolute atomic E-state index is 0.00896. The molecule has 4 atom stereocenters. The maximum atomic E-state index is 12.6. The Balaban J connectivity index is 1.75. The van der Waals surface area contributed by atoms with Crippen molar-refractivity contribution in [2.75, 3.05) is 0 Å². The van der Waals surface area contributed by atoms with Gasteiger partial charge in [-0.2, -0.15) is 5.10 Å². The van der Waals surface area contributed by atoms with Crippen LogP contribution in [-0.4, -0.2) is 24.2 Å². The second-order valence-electron chi connectivity index (χ2n) is 6.66. The molecule has 2 saturated carbocycles. The lowest BCUT2D eigenvalue weighted by Gasteiger charge is -2.28. The van der Waals surface area contributed by atoms with Gasteiger partial charge in [0.2, 0.25) is 10.0 Å². The molecule has 5 nitrogen and oxygen atoms in total. The van der Waals surface area contributed by atoms with Gasteiger partial charge >= 0.3 is 0 Å². The summed E-state index contributed by atoms with van der Waals surface area (Å²) in [5.74, 6) is 2.05. The highest BCUT2D eigenvalue weighted by atomic mass is 32.2. The first-order valence-corrected chi connectivity index (χ1v) is 9.45. The van der Waals surface area contributed by atoms with Crippen LogP contribution >= 0.6 is 0 Å². The molecule has 1 aromatic rings. The van der Waals surface area contributed by atoms with Gasteiger partial charge in [0.15, 0.2) is 0 Å². The van der Waals surface area contributed by atoms with Crippen LogP contribution in [0, 0.1) is 24.7 Å². The van der Waals surface area contributed by atoms with Gasteiger partial charge < -0.3 is 0 Å². The molecular formula is C15H25N3O2S. The molecule has 0 saturated heterocycles. The number of rotatable bonds is 5. The average molecular weight is 311 g/mol. The van der Waals surface area contributed by atoms with E-state index in [4.69, 9.17) is 0 Å². The van der Waals surface area contributed by atoms with E-state index in [9.17, 15) is 8.42 Å². The van der Waals surface area contributed by atoms with Crippen LogP contribution in [0.25, 0.3) is 0 Å². The zero-order chi connectivity index (χ0) is 15.2. The Morgan fingerprint density at radius 2 is 2.19 bits per heavy atom. The fourth-order valence-corrected chi connectivity index (χ4v) is 5.79. The molecule has 6 heteroatoms. The van der Waals surface area contributed by atoms with Crippen LogP contribution in [0.2, 0.25) is 0 Å². The van der Waals surface area contributed by atoms with Crippen LogP contribution in [0.1, 0.15) is 45.2 Å². The summed E-state index contributed by atoms with van der Waals surface area (Å²) in [4.78, 5) is 0.319. The van der Waals surface area contributed by atoms with Gasteiger partial charge in [0.25, 0.3) is 0 Å². The van der Waals surface area contributed by atoms with Crippen molar-refractivity contribution in [3.8, 4) is 0 Å². The van der Waals surface area contributed by atoms with Crippen molar-refractivity contribution >= 4 is 10.0 Å². The van der Waals surface area contributed by atoms with Crippen molar-refractivity contribution in [3.63, 3.8) is 0 Å². The van der Waals surface area contributed by atoms with Gasteiger partial charge in [-0.15, -0.1) is 0 Å². The SMILES string of the molecule is CCn1ncc(S(=O)(=O)N[C@H](C)[C@H]2C[C@H]3CC[C@H]2C3)c1C. The van der Waals surface area contributed by atoms with Gasteiger partial charge in [0.1, 0.15) is 4.90 Å². The molecule has 2 bridgehead atoms. The van der Waals surface area contributed by atoms with E-state index in [2.05, 4.69) is 9.82 Å². The largest absolute Gasteiger partial charge is 0.269 e. The molecule has 1 aromatic heterocycles. The molecule has 0 radical (unpaired) electrons. The molecule has 3 rings (SSSR count). The van der Waals surface area contributed by atoms with Crippen molar-refractivity contribution in [1.82, 2.24) is 14.5 Å². The summed E-state index contributed by atoms with van der Waals surface area (Å²) in [5.41, 5.74) is 0.713. The fraction of sp³-hybridized carbons (Fsp3) is 0.800. The molecule has 2 aliphatic carbocycles. The number of sulfonamides is 1. The van der Waals surface area contributed by atoms with E-state index < -0.39 is 10.0 Å². The van der Waals surface area contributed by atoms with E-state index in [0.717, 1.165) is 5.92 Å². The highest BCUT2D eigenvalue weighted by Gasteiger charge is 2.42. The highest BCUT2D eigenvalue weighted by molar-refractivity contribution is 7.89. The van der Waals surface area contributed by atoms with Gasteiger partial charge in [0.05, 0.1) is 11.9 Å². The number of hydrogen-bond donors (Lipinski definition) is 1. The zero-order valence-corrected chi connectivity index (χ0v) is 13.9. The van der Waals surface area contributed by atoms with E-state index in [1.165, 1.54) is 31.9 Å². The predicted molar refractivity (Wildman–Crippen MR) is 81.4 cm³/mol. The Morgan fingerprint density at radius 3 is 2.71 bits per heavy atom. The minimum atomic E-state index is -3.47. The molecule has 118 valence electrons. The molecule has 0 aromatic carbocycles. The molecule has 1 heterocycles. The second-order valence-corrected chi connectivity index (χ2v) is 8.34. The Hall–Kier alpha value is -0.880. The number of aryl methyl sites for hydroxylation is 1. The molecule has 0 unspecified atom stereocenters. The van der Waals surface area contributed by atoms with Crippen LogP contribution in [0.5, 0.6) is 0 Å². The molecule has 0 aliphatic heterocycles. The van der Waals surface area contributed by atoms with Crippen molar-refractivity contribution in [2.45, 2.75) is 63.9 Å². The van der Waals surface area contributed by atoms with Crippen LogP contribution in [0.4, 0.5) is 0 Å². The molecular weight excluding hydrogens is 286 g/mol. The van der Waals surface area contributed by atoms with Crippen LogP contribution in [-0.2, 0) is 16.6 Å². The normalized spacial score (nSPS) is 30.0. The molecule has 0 amide bonds. The smallest absolute Gasteiger partial charge is 0.244 e. The first kappa shape index (κ1) is 15.0. The van der Waals surface area contributed by atoms with E-state index in [-0.39, 0.29) is 6.04 Å². The topological polar surface area (TPSA) is 64.0 Å².